The summed E-state index contributed by atoms with van der Waals surface area (Å²) in [5.41, 5.74) is 2.24. The number of hydrogen-bond donors (Lipinski definition) is 2. The van der Waals surface area contributed by atoms with Crippen molar-refractivity contribution < 1.29 is 13.5 Å². The zero-order chi connectivity index (χ0) is 16.1. The molecule has 2 aromatic rings. The van der Waals surface area contributed by atoms with Crippen LogP contribution < -0.4 is 15.4 Å². The third kappa shape index (κ3) is 4.39. The molecule has 1 heterocycles. The molecule has 0 aliphatic carbocycles. The fourth-order valence-corrected chi connectivity index (χ4v) is 2.01. The highest BCUT2D eigenvalue weighted by atomic mass is 32.1. The summed E-state index contributed by atoms with van der Waals surface area (Å²) < 4.78 is 30.9. The summed E-state index contributed by atoms with van der Waals surface area (Å²) >= 11 is 5.15. The van der Waals surface area contributed by atoms with Gasteiger partial charge in [0.2, 0.25) is 0 Å². The number of alkyl halides is 2. The summed E-state index contributed by atoms with van der Waals surface area (Å²) in [7, 11) is 1.85. The van der Waals surface area contributed by atoms with Crippen LogP contribution in [0.15, 0.2) is 30.3 Å². The lowest BCUT2D eigenvalue weighted by molar-refractivity contribution is -0.0493. The van der Waals surface area contributed by atoms with E-state index in [1.54, 1.807) is 22.9 Å². The highest BCUT2D eigenvalue weighted by molar-refractivity contribution is 7.80. The Labute approximate surface area is 132 Å². The van der Waals surface area contributed by atoms with Crippen molar-refractivity contribution in [2.75, 3.05) is 5.32 Å². The molecule has 0 aliphatic rings. The Morgan fingerprint density at radius 1 is 1.41 bits per heavy atom. The first-order valence-electron chi connectivity index (χ1n) is 6.54. The van der Waals surface area contributed by atoms with Gasteiger partial charge in [0, 0.05) is 12.7 Å². The second-order valence-electron chi connectivity index (χ2n) is 4.58. The van der Waals surface area contributed by atoms with Crippen LogP contribution in [0.4, 0.5) is 14.5 Å². The molecule has 1 aromatic carbocycles. The number of thiocarbonyl (C=S) groups is 1. The van der Waals surface area contributed by atoms with Crippen molar-refractivity contribution in [2.24, 2.45) is 7.05 Å². The minimum absolute atomic E-state index is 0.0373. The van der Waals surface area contributed by atoms with Gasteiger partial charge in [-0.1, -0.05) is 12.1 Å². The van der Waals surface area contributed by atoms with Gasteiger partial charge < -0.3 is 15.4 Å². The van der Waals surface area contributed by atoms with E-state index in [9.17, 15) is 8.78 Å². The Morgan fingerprint density at radius 2 is 2.14 bits per heavy atom. The van der Waals surface area contributed by atoms with Gasteiger partial charge in [0.25, 0.3) is 0 Å². The van der Waals surface area contributed by atoms with E-state index in [1.807, 2.05) is 20.0 Å². The summed E-state index contributed by atoms with van der Waals surface area (Å²) in [5.74, 6) is 0.0373. The quantitative estimate of drug-likeness (QED) is 0.828. The molecule has 0 unspecified atom stereocenters. The molecule has 0 atom stereocenters. The van der Waals surface area contributed by atoms with E-state index < -0.39 is 6.61 Å². The molecular weight excluding hydrogens is 310 g/mol. The number of aryl methyl sites for hydroxylation is 2. The number of rotatable bonds is 5. The number of benzene rings is 1. The van der Waals surface area contributed by atoms with E-state index in [-0.39, 0.29) is 5.75 Å². The van der Waals surface area contributed by atoms with E-state index in [0.29, 0.717) is 17.3 Å². The van der Waals surface area contributed by atoms with Crippen LogP contribution in [-0.2, 0) is 13.6 Å². The van der Waals surface area contributed by atoms with E-state index in [2.05, 4.69) is 20.5 Å². The molecule has 5 nitrogen and oxygen atoms in total. The number of hydrogen-bond acceptors (Lipinski definition) is 3. The maximum atomic E-state index is 12.3. The number of anilines is 1. The van der Waals surface area contributed by atoms with Gasteiger partial charge >= 0.3 is 6.61 Å². The zero-order valence-electron chi connectivity index (χ0n) is 12.1. The fraction of sp³-hybridized carbons (Fsp3) is 0.286. The Hall–Kier alpha value is -2.22. The predicted octanol–water partition coefficient (Wildman–Crippen LogP) is 2.82. The maximum Gasteiger partial charge on any atom is 0.387 e. The van der Waals surface area contributed by atoms with Gasteiger partial charge in [-0.15, -0.1) is 0 Å². The second-order valence-corrected chi connectivity index (χ2v) is 4.99. The van der Waals surface area contributed by atoms with Gasteiger partial charge in [0.1, 0.15) is 5.75 Å². The molecule has 22 heavy (non-hydrogen) atoms. The predicted molar refractivity (Wildman–Crippen MR) is 84.1 cm³/mol. The van der Waals surface area contributed by atoms with Crippen LogP contribution in [0.5, 0.6) is 5.75 Å². The Bertz CT molecular complexity index is 641. The normalized spacial score (nSPS) is 10.6. The molecule has 1 aromatic heterocycles. The van der Waals surface area contributed by atoms with Crippen molar-refractivity contribution in [2.45, 2.75) is 20.1 Å². The van der Waals surface area contributed by atoms with E-state index in [1.165, 1.54) is 6.07 Å². The van der Waals surface area contributed by atoms with Gasteiger partial charge in [0.05, 0.1) is 17.9 Å². The third-order valence-corrected chi connectivity index (χ3v) is 3.19. The van der Waals surface area contributed by atoms with E-state index >= 15 is 0 Å². The second kappa shape index (κ2) is 7.17. The van der Waals surface area contributed by atoms with Gasteiger partial charge in [-0.3, -0.25) is 4.68 Å². The molecule has 2 rings (SSSR count). The first-order valence-corrected chi connectivity index (χ1v) is 6.94. The van der Waals surface area contributed by atoms with Crippen LogP contribution >= 0.6 is 12.2 Å². The summed E-state index contributed by atoms with van der Waals surface area (Å²) in [5, 5.41) is 10.4. The summed E-state index contributed by atoms with van der Waals surface area (Å²) in [6.07, 6.45) is 0. The summed E-state index contributed by atoms with van der Waals surface area (Å²) in [6.45, 7) is -0.503. The van der Waals surface area contributed by atoms with Crippen molar-refractivity contribution in [1.29, 1.82) is 0 Å². The summed E-state index contributed by atoms with van der Waals surface area (Å²) in [4.78, 5) is 0. The maximum absolute atomic E-state index is 12.3. The van der Waals surface area contributed by atoms with Crippen molar-refractivity contribution in [3.63, 3.8) is 0 Å². The first-order chi connectivity index (χ1) is 10.5. The molecule has 118 valence electrons. The standard InChI is InChI=1S/C14H16F2N4OS/c1-9-7-10(19-20(9)2)8-17-14(22)18-11-5-3-4-6-12(11)21-13(15)16/h3-7,13H,8H2,1-2H3,(H2,17,18,22). The highest BCUT2D eigenvalue weighted by Gasteiger charge is 2.10. The Kier molecular flexibility index (Phi) is 5.26. The van der Waals surface area contributed by atoms with Crippen molar-refractivity contribution in [3.8, 4) is 5.75 Å². The molecule has 0 bridgehead atoms. The SMILES string of the molecule is Cc1cc(CNC(=S)Nc2ccccc2OC(F)F)nn1C. The van der Waals surface area contributed by atoms with Gasteiger partial charge in [0.15, 0.2) is 5.11 Å². The molecule has 2 N–H and O–H groups in total. The Morgan fingerprint density at radius 3 is 2.77 bits per heavy atom. The van der Waals surface area contributed by atoms with Crippen LogP contribution in [-0.4, -0.2) is 21.5 Å². The molecule has 0 aliphatic heterocycles. The number of nitrogens with zero attached hydrogens (tertiary/aromatic N) is 2. The number of ether oxygens (including phenoxy) is 1. The molecule has 0 radical (unpaired) electrons. The van der Waals surface area contributed by atoms with E-state index in [0.717, 1.165) is 11.4 Å². The van der Waals surface area contributed by atoms with Crippen molar-refractivity contribution in [1.82, 2.24) is 15.1 Å². The molecule has 0 spiro atoms. The zero-order valence-corrected chi connectivity index (χ0v) is 13.0. The van der Waals surface area contributed by atoms with Crippen LogP contribution in [0, 0.1) is 6.92 Å². The van der Waals surface area contributed by atoms with E-state index in [4.69, 9.17) is 12.2 Å². The Balaban J connectivity index is 1.94. The average Bonchev–Trinajstić information content (AvgIpc) is 2.77. The molecule has 0 saturated heterocycles. The fourth-order valence-electron chi connectivity index (χ4n) is 1.83. The lowest BCUT2D eigenvalue weighted by Gasteiger charge is -2.13. The monoisotopic (exact) mass is 326 g/mol. The highest BCUT2D eigenvalue weighted by Crippen LogP contribution is 2.25. The molecule has 0 fully saturated rings. The number of aromatic nitrogens is 2. The van der Waals surface area contributed by atoms with Crippen LogP contribution in [0.25, 0.3) is 0 Å². The van der Waals surface area contributed by atoms with Gasteiger partial charge in [-0.05, 0) is 37.3 Å². The largest absolute Gasteiger partial charge is 0.433 e. The van der Waals surface area contributed by atoms with Crippen LogP contribution in [0.3, 0.4) is 0 Å². The summed E-state index contributed by atoms with van der Waals surface area (Å²) in [6, 6.07) is 8.29. The molecule has 0 amide bonds. The van der Waals surface area contributed by atoms with Gasteiger partial charge in [-0.25, -0.2) is 0 Å². The molecule has 0 saturated carbocycles. The lowest BCUT2D eigenvalue weighted by atomic mass is 10.3. The average molecular weight is 326 g/mol. The van der Waals surface area contributed by atoms with Crippen LogP contribution in [0.2, 0.25) is 0 Å². The molecular formula is C14H16F2N4OS. The number of para-hydroxylation sites is 2. The minimum Gasteiger partial charge on any atom is -0.433 e. The van der Waals surface area contributed by atoms with Crippen molar-refractivity contribution in [3.05, 3.63) is 41.7 Å². The first kappa shape index (κ1) is 16.2. The third-order valence-electron chi connectivity index (χ3n) is 2.95. The van der Waals surface area contributed by atoms with Gasteiger partial charge in [-0.2, -0.15) is 13.9 Å². The molecule has 8 heteroatoms. The minimum atomic E-state index is -2.89. The number of nitrogens with one attached hydrogen (secondary N) is 2. The lowest BCUT2D eigenvalue weighted by Crippen LogP contribution is -2.28. The van der Waals surface area contributed by atoms with Crippen molar-refractivity contribution >= 4 is 23.0 Å². The number of halogens is 2. The topological polar surface area (TPSA) is 51.1 Å². The smallest absolute Gasteiger partial charge is 0.387 e. The van der Waals surface area contributed by atoms with Crippen LogP contribution in [0.1, 0.15) is 11.4 Å².